The highest BCUT2D eigenvalue weighted by Crippen LogP contribution is 2.28. The third kappa shape index (κ3) is 7.49. The largest absolute Gasteiger partial charge is 0.486 e. The molecule has 1 atom stereocenters. The van der Waals surface area contributed by atoms with Gasteiger partial charge >= 0.3 is 6.03 Å². The van der Waals surface area contributed by atoms with Crippen molar-refractivity contribution < 1.29 is 14.3 Å². The first kappa shape index (κ1) is 24.1. The predicted octanol–water partition coefficient (Wildman–Crippen LogP) is 7.05. The minimum atomic E-state index is -0.574. The van der Waals surface area contributed by atoms with E-state index in [1.807, 2.05) is 49.4 Å². The summed E-state index contributed by atoms with van der Waals surface area (Å²) in [5, 5.41) is 5.06. The van der Waals surface area contributed by atoms with Crippen LogP contribution in [0.1, 0.15) is 66.6 Å². The smallest absolute Gasteiger partial charge is 0.326 e. The van der Waals surface area contributed by atoms with Crippen molar-refractivity contribution in [1.29, 1.82) is 0 Å². The van der Waals surface area contributed by atoms with Crippen molar-refractivity contribution in [2.45, 2.75) is 52.1 Å². The molecular formula is C28H32N2O3. The van der Waals surface area contributed by atoms with Crippen molar-refractivity contribution in [2.75, 3.05) is 5.32 Å². The summed E-state index contributed by atoms with van der Waals surface area (Å²) in [5.74, 6) is 0.306. The molecule has 3 rings (SSSR count). The minimum absolute atomic E-state index is 0.0168. The van der Waals surface area contributed by atoms with Gasteiger partial charge in [0.25, 0.3) is 5.91 Å². The van der Waals surface area contributed by atoms with Gasteiger partial charge in [0.1, 0.15) is 11.9 Å². The van der Waals surface area contributed by atoms with Crippen molar-refractivity contribution in [3.8, 4) is 5.75 Å². The Balaban J connectivity index is 1.58. The highest BCUT2D eigenvalue weighted by Gasteiger charge is 2.14. The normalized spacial score (nSPS) is 11.5. The molecule has 3 aromatic carbocycles. The average Bonchev–Trinajstić information content (AvgIpc) is 2.83. The molecule has 5 heteroatoms. The highest BCUT2D eigenvalue weighted by atomic mass is 16.5. The summed E-state index contributed by atoms with van der Waals surface area (Å²) in [7, 11) is 0. The number of aryl methyl sites for hydroxylation is 1. The van der Waals surface area contributed by atoms with E-state index >= 15 is 0 Å². The number of amides is 3. The fraction of sp³-hybridized carbons (Fsp3) is 0.286. The maximum atomic E-state index is 12.3. The molecule has 0 aliphatic carbocycles. The zero-order chi connectivity index (χ0) is 23.5. The molecule has 0 fully saturated rings. The third-order valence-electron chi connectivity index (χ3n) is 5.50. The van der Waals surface area contributed by atoms with E-state index in [2.05, 4.69) is 29.7 Å². The highest BCUT2D eigenvalue weighted by molar-refractivity contribution is 6.08. The molecule has 0 heterocycles. The Bertz CT molecular complexity index is 1030. The Hall–Kier alpha value is -3.60. The number of ether oxygens (including phenoxy) is 1. The second kappa shape index (κ2) is 12.4. The van der Waals surface area contributed by atoms with Crippen LogP contribution in [0.25, 0.3) is 0 Å². The van der Waals surface area contributed by atoms with Gasteiger partial charge in [0, 0.05) is 11.3 Å². The molecule has 0 aromatic heterocycles. The molecule has 0 radical (unpaired) electrons. The minimum Gasteiger partial charge on any atom is -0.486 e. The number of hydrogen-bond acceptors (Lipinski definition) is 3. The van der Waals surface area contributed by atoms with Crippen LogP contribution in [-0.4, -0.2) is 11.9 Å². The van der Waals surface area contributed by atoms with E-state index in [-0.39, 0.29) is 6.10 Å². The lowest BCUT2D eigenvalue weighted by atomic mass is 10.0. The quantitative estimate of drug-likeness (QED) is 0.329. The van der Waals surface area contributed by atoms with Gasteiger partial charge in [-0.3, -0.25) is 10.1 Å². The van der Waals surface area contributed by atoms with Crippen LogP contribution in [0.4, 0.5) is 10.5 Å². The van der Waals surface area contributed by atoms with Crippen LogP contribution in [0.15, 0.2) is 78.9 Å². The predicted molar refractivity (Wildman–Crippen MR) is 133 cm³/mol. The SMILES string of the molecule is CCCCCCC(Oc1ccc(NC(=O)NC(=O)c2ccccc2C)cc1)c1ccccc1. The lowest BCUT2D eigenvalue weighted by Crippen LogP contribution is -2.34. The van der Waals surface area contributed by atoms with E-state index in [1.165, 1.54) is 19.3 Å². The lowest BCUT2D eigenvalue weighted by molar-refractivity contribution is 0.0966. The van der Waals surface area contributed by atoms with Crippen LogP contribution in [0.5, 0.6) is 5.75 Å². The molecule has 1 unspecified atom stereocenters. The number of benzene rings is 3. The molecule has 0 saturated carbocycles. The molecule has 2 N–H and O–H groups in total. The molecule has 0 aliphatic heterocycles. The summed E-state index contributed by atoms with van der Waals surface area (Å²) in [6.07, 6.45) is 5.68. The molecule has 172 valence electrons. The maximum absolute atomic E-state index is 12.3. The van der Waals surface area contributed by atoms with Gasteiger partial charge in [0.15, 0.2) is 0 Å². The third-order valence-corrected chi connectivity index (χ3v) is 5.50. The first-order valence-corrected chi connectivity index (χ1v) is 11.6. The summed E-state index contributed by atoms with van der Waals surface area (Å²) in [4.78, 5) is 24.6. The van der Waals surface area contributed by atoms with Gasteiger partial charge in [-0.15, -0.1) is 0 Å². The summed E-state index contributed by atoms with van der Waals surface area (Å²) in [6, 6.07) is 24.0. The zero-order valence-electron chi connectivity index (χ0n) is 19.3. The van der Waals surface area contributed by atoms with E-state index in [0.29, 0.717) is 11.3 Å². The van der Waals surface area contributed by atoms with Gasteiger partial charge in [0.2, 0.25) is 0 Å². The average molecular weight is 445 g/mol. The number of unbranched alkanes of at least 4 members (excludes halogenated alkanes) is 3. The second-order valence-corrected chi connectivity index (χ2v) is 8.11. The summed E-state index contributed by atoms with van der Waals surface area (Å²) in [6.45, 7) is 4.04. The second-order valence-electron chi connectivity index (χ2n) is 8.11. The Kier molecular flexibility index (Phi) is 9.07. The van der Waals surface area contributed by atoms with Crippen LogP contribution in [0, 0.1) is 6.92 Å². The van der Waals surface area contributed by atoms with Crippen LogP contribution in [0.3, 0.4) is 0 Å². The first-order chi connectivity index (χ1) is 16.1. The summed E-state index contributed by atoms with van der Waals surface area (Å²) in [5.41, 5.74) is 3.02. The van der Waals surface area contributed by atoms with E-state index in [4.69, 9.17) is 4.74 Å². The van der Waals surface area contributed by atoms with Crippen LogP contribution < -0.4 is 15.4 Å². The monoisotopic (exact) mass is 444 g/mol. The Morgan fingerprint density at radius 1 is 0.848 bits per heavy atom. The van der Waals surface area contributed by atoms with E-state index in [1.54, 1.807) is 24.3 Å². The maximum Gasteiger partial charge on any atom is 0.326 e. The number of carbonyl (C=O) groups is 2. The number of imide groups is 1. The van der Waals surface area contributed by atoms with E-state index in [9.17, 15) is 9.59 Å². The van der Waals surface area contributed by atoms with Gasteiger partial charge in [0.05, 0.1) is 0 Å². The van der Waals surface area contributed by atoms with Crippen molar-refractivity contribution in [3.05, 3.63) is 95.6 Å². The van der Waals surface area contributed by atoms with Gasteiger partial charge in [-0.2, -0.15) is 0 Å². The van der Waals surface area contributed by atoms with Crippen molar-refractivity contribution in [3.63, 3.8) is 0 Å². The fourth-order valence-corrected chi connectivity index (χ4v) is 3.66. The molecule has 33 heavy (non-hydrogen) atoms. The molecule has 3 aromatic rings. The van der Waals surface area contributed by atoms with Crippen molar-refractivity contribution in [1.82, 2.24) is 5.32 Å². The number of nitrogens with one attached hydrogen (secondary N) is 2. The number of anilines is 1. The zero-order valence-corrected chi connectivity index (χ0v) is 19.3. The summed E-state index contributed by atoms with van der Waals surface area (Å²) < 4.78 is 6.29. The van der Waals surface area contributed by atoms with Gasteiger partial charge < -0.3 is 10.1 Å². The summed E-state index contributed by atoms with van der Waals surface area (Å²) >= 11 is 0. The van der Waals surface area contributed by atoms with Gasteiger partial charge in [-0.1, -0.05) is 74.7 Å². The van der Waals surface area contributed by atoms with Crippen LogP contribution >= 0.6 is 0 Å². The first-order valence-electron chi connectivity index (χ1n) is 11.6. The molecule has 0 bridgehead atoms. The fourth-order valence-electron chi connectivity index (χ4n) is 3.66. The van der Waals surface area contributed by atoms with E-state index in [0.717, 1.165) is 29.7 Å². The Morgan fingerprint density at radius 3 is 2.24 bits per heavy atom. The Morgan fingerprint density at radius 2 is 1.55 bits per heavy atom. The molecule has 5 nitrogen and oxygen atoms in total. The Labute approximate surface area is 196 Å². The van der Waals surface area contributed by atoms with Gasteiger partial charge in [-0.05, 0) is 61.2 Å². The standard InChI is InChI=1S/C28H32N2O3/c1-3-4-5-9-16-26(22-13-7-6-8-14-22)33-24-19-17-23(18-20-24)29-28(32)30-27(31)25-15-11-10-12-21(25)2/h6-8,10-15,17-20,26H,3-5,9,16H2,1-2H3,(H2,29,30,31,32). The molecule has 0 aliphatic rings. The molecule has 0 saturated heterocycles. The van der Waals surface area contributed by atoms with Crippen molar-refractivity contribution in [2.24, 2.45) is 0 Å². The topological polar surface area (TPSA) is 67.4 Å². The van der Waals surface area contributed by atoms with Crippen molar-refractivity contribution >= 4 is 17.6 Å². The number of carbonyl (C=O) groups excluding carboxylic acids is 2. The number of rotatable bonds is 10. The molecular weight excluding hydrogens is 412 g/mol. The van der Waals surface area contributed by atoms with Gasteiger partial charge in [-0.25, -0.2) is 4.79 Å². The van der Waals surface area contributed by atoms with Crippen LogP contribution in [-0.2, 0) is 0 Å². The van der Waals surface area contributed by atoms with Crippen LogP contribution in [0.2, 0.25) is 0 Å². The lowest BCUT2D eigenvalue weighted by Gasteiger charge is -2.20. The molecule has 3 amide bonds. The molecule has 0 spiro atoms. The van der Waals surface area contributed by atoms with E-state index < -0.39 is 11.9 Å². The number of urea groups is 1. The number of hydrogen-bond donors (Lipinski definition) is 2.